The number of amides is 1. The topological polar surface area (TPSA) is 96.7 Å². The van der Waals surface area contributed by atoms with Crippen LogP contribution < -0.4 is 11.1 Å². The Labute approximate surface area is 131 Å². The number of nitrogens with two attached hydrogens (primary N) is 1. The van der Waals surface area contributed by atoms with E-state index in [0.717, 1.165) is 21.8 Å². The molecule has 23 heavy (non-hydrogen) atoms. The maximum Gasteiger partial charge on any atom is 0.255 e. The molecule has 0 aliphatic heterocycles. The molecule has 0 saturated carbocycles. The van der Waals surface area contributed by atoms with Gasteiger partial charge < -0.3 is 11.1 Å². The minimum atomic E-state index is -0.183. The lowest BCUT2D eigenvalue weighted by atomic mass is 10.1. The fraction of sp³-hybridized carbons (Fsp3) is 0. The summed E-state index contributed by atoms with van der Waals surface area (Å²) in [5.41, 5.74) is 8.72. The monoisotopic (exact) mass is 303 g/mol. The summed E-state index contributed by atoms with van der Waals surface area (Å²) < 4.78 is 0. The predicted molar refractivity (Wildman–Crippen MR) is 90.2 cm³/mol. The molecule has 2 aromatic heterocycles. The van der Waals surface area contributed by atoms with Crippen LogP contribution in [0.25, 0.3) is 21.8 Å². The number of H-pyrrole nitrogens is 1. The first-order chi connectivity index (χ1) is 11.2. The second kappa shape index (κ2) is 5.10. The highest BCUT2D eigenvalue weighted by Gasteiger charge is 2.09. The van der Waals surface area contributed by atoms with Crippen LogP contribution in [-0.4, -0.2) is 21.1 Å². The van der Waals surface area contributed by atoms with Gasteiger partial charge in [0.05, 0.1) is 11.0 Å². The molecule has 6 nitrogen and oxygen atoms in total. The van der Waals surface area contributed by atoms with E-state index in [2.05, 4.69) is 20.5 Å². The van der Waals surface area contributed by atoms with E-state index < -0.39 is 0 Å². The number of fused-ring (bicyclic) bond motifs is 2. The second-order valence-corrected chi connectivity index (χ2v) is 5.23. The number of anilines is 2. The molecule has 0 aliphatic rings. The highest BCUT2D eigenvalue weighted by Crippen LogP contribution is 2.22. The molecule has 0 saturated heterocycles. The summed E-state index contributed by atoms with van der Waals surface area (Å²) >= 11 is 0. The number of nitrogens with zero attached hydrogens (tertiary/aromatic N) is 2. The molecule has 2 aromatic carbocycles. The van der Waals surface area contributed by atoms with E-state index in [-0.39, 0.29) is 5.91 Å². The maximum atomic E-state index is 12.4. The van der Waals surface area contributed by atoms with E-state index in [1.807, 2.05) is 30.3 Å². The Balaban J connectivity index is 1.65. The van der Waals surface area contributed by atoms with Gasteiger partial charge in [-0.25, -0.2) is 0 Å². The number of hydrogen-bond donors (Lipinski definition) is 3. The summed E-state index contributed by atoms with van der Waals surface area (Å²) in [7, 11) is 0. The van der Waals surface area contributed by atoms with Crippen molar-refractivity contribution in [3.63, 3.8) is 0 Å². The van der Waals surface area contributed by atoms with E-state index in [4.69, 9.17) is 5.73 Å². The van der Waals surface area contributed by atoms with Gasteiger partial charge in [0, 0.05) is 28.2 Å². The Hall–Kier alpha value is -3.41. The lowest BCUT2D eigenvalue weighted by Gasteiger charge is -2.06. The van der Waals surface area contributed by atoms with Crippen molar-refractivity contribution in [2.24, 2.45) is 0 Å². The summed E-state index contributed by atoms with van der Waals surface area (Å²) in [6.07, 6.45) is 1.73. The number of aromatic nitrogens is 3. The van der Waals surface area contributed by atoms with Crippen LogP contribution in [0.15, 0.2) is 54.7 Å². The van der Waals surface area contributed by atoms with Crippen molar-refractivity contribution < 1.29 is 4.79 Å². The molecule has 0 unspecified atom stereocenters. The number of aromatic amines is 1. The van der Waals surface area contributed by atoms with Crippen molar-refractivity contribution in [2.75, 3.05) is 11.1 Å². The number of rotatable bonds is 2. The van der Waals surface area contributed by atoms with Gasteiger partial charge in [-0.05, 0) is 42.5 Å². The zero-order valence-electron chi connectivity index (χ0n) is 12.1. The number of nitrogens with one attached hydrogen (secondary N) is 2. The fourth-order valence-corrected chi connectivity index (χ4v) is 2.53. The van der Waals surface area contributed by atoms with Crippen LogP contribution in [0.3, 0.4) is 0 Å². The average Bonchev–Trinajstić information content (AvgIpc) is 2.95. The average molecular weight is 303 g/mol. The number of hydrogen-bond acceptors (Lipinski definition) is 4. The molecule has 0 radical (unpaired) electrons. The molecule has 4 aromatic rings. The van der Waals surface area contributed by atoms with Gasteiger partial charge in [-0.3, -0.25) is 14.9 Å². The van der Waals surface area contributed by atoms with Gasteiger partial charge in [0.1, 0.15) is 0 Å². The van der Waals surface area contributed by atoms with Gasteiger partial charge in [0.15, 0.2) is 5.82 Å². The summed E-state index contributed by atoms with van der Waals surface area (Å²) in [5.74, 6) is 0.227. The van der Waals surface area contributed by atoms with Crippen LogP contribution in [0.2, 0.25) is 0 Å². The van der Waals surface area contributed by atoms with Crippen LogP contribution in [0, 0.1) is 0 Å². The molecule has 6 heteroatoms. The molecule has 4 N–H and O–H groups in total. The predicted octanol–water partition coefficient (Wildman–Crippen LogP) is 2.95. The summed E-state index contributed by atoms with van der Waals surface area (Å²) in [6.45, 7) is 0. The van der Waals surface area contributed by atoms with Crippen LogP contribution in [0.5, 0.6) is 0 Å². The molecule has 0 spiro atoms. The van der Waals surface area contributed by atoms with Gasteiger partial charge in [0.2, 0.25) is 0 Å². The van der Waals surface area contributed by atoms with Crippen molar-refractivity contribution >= 4 is 39.2 Å². The lowest BCUT2D eigenvalue weighted by molar-refractivity contribution is 0.102. The molecule has 2 heterocycles. The minimum absolute atomic E-state index is 0.183. The number of benzene rings is 2. The van der Waals surface area contributed by atoms with Crippen molar-refractivity contribution in [2.45, 2.75) is 0 Å². The first-order valence-electron chi connectivity index (χ1n) is 7.10. The SMILES string of the molecule is Nc1n[nH]c2ccc(NC(=O)c3ccc4ncccc4c3)cc12. The van der Waals surface area contributed by atoms with Crippen LogP contribution in [-0.2, 0) is 0 Å². The van der Waals surface area contributed by atoms with Crippen molar-refractivity contribution in [3.05, 3.63) is 60.3 Å². The van der Waals surface area contributed by atoms with Crippen LogP contribution >= 0.6 is 0 Å². The normalized spacial score (nSPS) is 11.0. The number of pyridine rings is 1. The standard InChI is InChI=1S/C17H13N5O/c18-16-13-9-12(4-6-15(13)21-22-16)20-17(23)11-3-5-14-10(8-11)2-1-7-19-14/h1-9H,(H,20,23)(H3,18,21,22). The van der Waals surface area contributed by atoms with Crippen molar-refractivity contribution in [1.29, 1.82) is 0 Å². The molecule has 1 amide bonds. The highest BCUT2D eigenvalue weighted by atomic mass is 16.1. The Morgan fingerprint density at radius 2 is 2.04 bits per heavy atom. The quantitative estimate of drug-likeness (QED) is 0.530. The van der Waals surface area contributed by atoms with Gasteiger partial charge in [-0.15, -0.1) is 0 Å². The van der Waals surface area contributed by atoms with Crippen LogP contribution in [0.1, 0.15) is 10.4 Å². The number of nitrogen functional groups attached to an aromatic ring is 1. The molecular weight excluding hydrogens is 290 g/mol. The second-order valence-electron chi connectivity index (χ2n) is 5.23. The van der Waals surface area contributed by atoms with E-state index in [1.54, 1.807) is 24.4 Å². The van der Waals surface area contributed by atoms with E-state index in [9.17, 15) is 4.79 Å². The third-order valence-electron chi connectivity index (χ3n) is 3.72. The molecule has 0 fully saturated rings. The molecule has 0 bridgehead atoms. The van der Waals surface area contributed by atoms with Gasteiger partial charge in [-0.1, -0.05) is 6.07 Å². The largest absolute Gasteiger partial charge is 0.382 e. The van der Waals surface area contributed by atoms with Crippen LogP contribution in [0.4, 0.5) is 11.5 Å². The molecule has 0 aliphatic carbocycles. The molecule has 112 valence electrons. The van der Waals surface area contributed by atoms with Gasteiger partial charge in [0.25, 0.3) is 5.91 Å². The summed E-state index contributed by atoms with van der Waals surface area (Å²) in [5, 5.41) is 11.4. The van der Waals surface area contributed by atoms with E-state index >= 15 is 0 Å². The van der Waals surface area contributed by atoms with Gasteiger partial charge in [-0.2, -0.15) is 5.10 Å². The summed E-state index contributed by atoms with van der Waals surface area (Å²) in [6, 6.07) is 14.6. The zero-order valence-corrected chi connectivity index (χ0v) is 12.1. The Kier molecular flexibility index (Phi) is 2.94. The Morgan fingerprint density at radius 3 is 2.96 bits per heavy atom. The van der Waals surface area contributed by atoms with Crippen molar-refractivity contribution in [1.82, 2.24) is 15.2 Å². The first kappa shape index (κ1) is 13.3. The molecule has 4 rings (SSSR count). The Bertz CT molecular complexity index is 1040. The summed E-state index contributed by atoms with van der Waals surface area (Å²) in [4.78, 5) is 16.7. The van der Waals surface area contributed by atoms with E-state index in [0.29, 0.717) is 17.1 Å². The fourth-order valence-electron chi connectivity index (χ4n) is 2.53. The lowest BCUT2D eigenvalue weighted by Crippen LogP contribution is -2.11. The minimum Gasteiger partial charge on any atom is -0.382 e. The number of carbonyl (C=O) groups excluding carboxylic acids is 1. The van der Waals surface area contributed by atoms with Gasteiger partial charge >= 0.3 is 0 Å². The zero-order chi connectivity index (χ0) is 15.8. The highest BCUT2D eigenvalue weighted by molar-refractivity contribution is 6.07. The third kappa shape index (κ3) is 2.36. The van der Waals surface area contributed by atoms with Crippen molar-refractivity contribution in [3.8, 4) is 0 Å². The third-order valence-corrected chi connectivity index (χ3v) is 3.72. The maximum absolute atomic E-state index is 12.4. The smallest absolute Gasteiger partial charge is 0.255 e. The molecular formula is C17H13N5O. The first-order valence-corrected chi connectivity index (χ1v) is 7.10. The number of carbonyl (C=O) groups is 1. The Morgan fingerprint density at radius 1 is 1.13 bits per heavy atom. The van der Waals surface area contributed by atoms with E-state index in [1.165, 1.54) is 0 Å². The molecule has 0 atom stereocenters.